The number of piperidine rings is 4. The van der Waals surface area contributed by atoms with Crippen LogP contribution in [-0.4, -0.2) is 270 Å². The number of aryl methyl sites for hydroxylation is 2. The average molecular weight is 2120 g/mol. The molecule has 11 aliphatic rings. The second kappa shape index (κ2) is 42.8. The summed E-state index contributed by atoms with van der Waals surface area (Å²) in [5.74, 6) is 5.53. The molecule has 11 fully saturated rings. The molecule has 38 nitrogen and oxygen atoms in total. The average Bonchev–Trinajstić information content (AvgIpc) is 1.60. The monoisotopic (exact) mass is 2120 g/mol. The van der Waals surface area contributed by atoms with Crippen LogP contribution in [0.4, 0.5) is 51.8 Å². The van der Waals surface area contributed by atoms with Crippen molar-refractivity contribution in [1.82, 2.24) is 78.0 Å². The maximum Gasteiger partial charge on any atom is 0.256 e. The van der Waals surface area contributed by atoms with Gasteiger partial charge in [0.25, 0.3) is 23.6 Å². The van der Waals surface area contributed by atoms with Crippen molar-refractivity contribution in [3.05, 3.63) is 204 Å². The van der Waals surface area contributed by atoms with E-state index >= 15 is 0 Å². The summed E-state index contributed by atoms with van der Waals surface area (Å²) < 4.78 is 98.1. The molecule has 0 bridgehead atoms. The Bertz CT molecular complexity index is 7420. The maximum atomic E-state index is 13.9. The molecule has 17 heterocycles. The number of morpholine rings is 2. The summed E-state index contributed by atoms with van der Waals surface area (Å²) in [7, 11) is -10.7. The number of nitrogens with zero attached hydrogens (tertiary/aromatic N) is 21. The molecule has 2 saturated carbocycles. The van der Waals surface area contributed by atoms with E-state index in [4.69, 9.17) is 84.6 Å². The summed E-state index contributed by atoms with van der Waals surface area (Å²) >= 11 is 18.7. The molecule has 9 saturated heterocycles. The molecule has 9 aliphatic heterocycles. The van der Waals surface area contributed by atoms with Gasteiger partial charge in [-0.05, 0) is 208 Å². The number of halogens is 3. The second-order valence-corrected chi connectivity index (χ2v) is 47.1. The predicted molar refractivity (Wildman–Crippen MR) is 567 cm³/mol. The third kappa shape index (κ3) is 23.1. The number of carbonyl (C=O) groups excluding carboxylic acids is 5. The van der Waals surface area contributed by atoms with Crippen LogP contribution < -0.4 is 44.0 Å². The number of benzene rings is 4. The molecule has 12 aromatic rings. The number of anilines is 9. The third-order valence-electron chi connectivity index (χ3n) is 29.0. The number of nitrogens with one attached hydrogen (secondary N) is 4. The molecule has 23 rings (SSSR count). The van der Waals surface area contributed by atoms with Crippen LogP contribution in [0.25, 0.3) is 22.6 Å². The lowest BCUT2D eigenvalue weighted by Gasteiger charge is -2.39. The van der Waals surface area contributed by atoms with Gasteiger partial charge in [0, 0.05) is 185 Å². The number of amides is 5. The van der Waals surface area contributed by atoms with Gasteiger partial charge in [0.1, 0.15) is 29.1 Å². The van der Waals surface area contributed by atoms with E-state index in [2.05, 4.69) is 75.2 Å². The highest BCUT2D eigenvalue weighted by molar-refractivity contribution is 7.92. The second-order valence-electron chi connectivity index (χ2n) is 40.6. The first kappa shape index (κ1) is 102. The molecular formula is C103H124Cl3N25O13S3. The summed E-state index contributed by atoms with van der Waals surface area (Å²) in [5, 5.41) is 23.8. The van der Waals surface area contributed by atoms with E-state index in [1.54, 1.807) is 58.3 Å². The zero-order chi connectivity index (χ0) is 103. The fraction of sp³-hybridized carbons (Fsp3) is 0.485. The first-order valence-electron chi connectivity index (χ1n) is 51.0. The van der Waals surface area contributed by atoms with Crippen molar-refractivity contribution in [2.75, 3.05) is 181 Å². The van der Waals surface area contributed by atoms with E-state index in [1.165, 1.54) is 63.3 Å². The van der Waals surface area contributed by atoms with Gasteiger partial charge in [-0.25, -0.2) is 49.7 Å². The van der Waals surface area contributed by atoms with E-state index in [0.717, 1.165) is 265 Å². The topological polar surface area (TPSA) is 404 Å². The van der Waals surface area contributed by atoms with Crippen LogP contribution in [0.2, 0.25) is 15.1 Å². The van der Waals surface area contributed by atoms with Gasteiger partial charge in [-0.2, -0.15) is 33.9 Å². The molecule has 0 unspecified atom stereocenters. The number of aromatic nitrogens is 12. The predicted octanol–water partition coefficient (Wildman–Crippen LogP) is 15.3. The number of ether oxygens (including phenoxy) is 2. The molecule has 4 atom stereocenters. The zero-order valence-electron chi connectivity index (χ0n) is 83.6. The van der Waals surface area contributed by atoms with Crippen LogP contribution in [0.5, 0.6) is 0 Å². The molecule has 0 radical (unpaired) electrons. The lowest BCUT2D eigenvalue weighted by Crippen LogP contribution is -2.46. The number of sulfonamides is 3. The Kier molecular flexibility index (Phi) is 29.7. The Hall–Kier alpha value is -12.3. The van der Waals surface area contributed by atoms with E-state index in [1.807, 2.05) is 66.0 Å². The van der Waals surface area contributed by atoms with Gasteiger partial charge < -0.3 is 58.9 Å². The first-order chi connectivity index (χ1) is 70.6. The lowest BCUT2D eigenvalue weighted by molar-refractivity contribution is -0.114. The molecule has 0 spiro atoms. The highest BCUT2D eigenvalue weighted by atomic mass is 35.5. The third-order valence-corrected chi connectivity index (χ3v) is 31.5. The standard InChI is InChI=1S/C27H34ClN7O4S.C26H32ClN7O4S.C26H32N6O3S.C24H26ClN5O2/c1-18-16-33(17-18)24-15-26(32-9-11-39-12-10-32)35-25(29-24)14-22(30-35)23-5-3-4-8-34(23)27(36)20-13-19(28)6-7-21(20)31-40(2,37)38;1-39(36,37)30-20-7-6-18(27)15-19(20)26(35)33-10-3-2-5-22(33)21-16-24-28-23(31-8-4-9-31)17-25(34(24)29-21)32-11-13-38-14-12-32;1-17-7-10-20(29-36(2,34)35)19(14-17)26(33)31-13-4-3-6-23(31)22-15-24-27-21(18-8-9-18)16-25(32(24)28-22)30-11-5-12-30;1-14-11-20(16-6-7-16)27-23-13-21(28-30(14)23)22-5-3-4-10-29(22)24(32)18-12-17(25)8-9-19(18)26-15(2)31/h6-7,13-15,18,23,31H,3-5,8-12,16-17H2,1-2H3;6-7,15-17,22,30H,2-5,8-14H2,1H3;7,10,14-16,18,23,29H,3-6,8-9,11-13H2,1-2H3;8-9,11-13,16,22H,3-7,10H2,1-2H3,(H,26,31)/t23-;22-;23-;22-/m0000/s1. The van der Waals surface area contributed by atoms with Gasteiger partial charge >= 0.3 is 0 Å². The smallest absolute Gasteiger partial charge is 0.256 e. The molecule has 4 aromatic carbocycles. The van der Waals surface area contributed by atoms with Crippen LogP contribution in [-0.2, 0) is 44.3 Å². The van der Waals surface area contributed by atoms with Crippen LogP contribution in [0.1, 0.15) is 252 Å². The van der Waals surface area contributed by atoms with Crippen molar-refractivity contribution in [1.29, 1.82) is 0 Å². The maximum absolute atomic E-state index is 13.9. The SMILES string of the molecule is CC(=O)Nc1ccc(Cl)cc1C(=O)N1CCCC[C@H]1c1cc2nc(C3CC3)cc(C)n2n1.CC1CN(c2cc(N3CCOCC3)n3nc([C@@H]4CCCCN4C(=O)c4cc(Cl)ccc4NS(C)(=O)=O)cc3n2)C1.CS(=O)(=O)Nc1ccc(Cl)cc1C(=O)N1CCCC[C@H]1c1cc2nc(N3CCC3)cc(N3CCOCC3)n2n1.Cc1ccc(NS(C)(=O)=O)c(C(=O)N2CCCC[C@H]2c2cc3nc(C4CC4)cc(N4CCC4)n3n2)c1. The Labute approximate surface area is 869 Å². The van der Waals surface area contributed by atoms with Gasteiger partial charge in [-0.1, -0.05) is 53.4 Å². The van der Waals surface area contributed by atoms with Crippen LogP contribution in [0.3, 0.4) is 0 Å². The minimum Gasteiger partial charge on any atom is -0.378 e. The fourth-order valence-corrected chi connectivity index (χ4v) is 23.4. The number of fused-ring (bicyclic) bond motifs is 4. The Morgan fingerprint density at radius 3 is 1.03 bits per heavy atom. The molecule has 147 heavy (non-hydrogen) atoms. The van der Waals surface area contributed by atoms with Gasteiger partial charge in [-0.3, -0.25) is 38.1 Å². The highest BCUT2D eigenvalue weighted by Crippen LogP contribution is 2.46. The summed E-state index contributed by atoms with van der Waals surface area (Å²) in [6.07, 6.45) is 20.9. The number of hydrogen-bond donors (Lipinski definition) is 4. The summed E-state index contributed by atoms with van der Waals surface area (Å²) in [6, 6.07) is 35.1. The summed E-state index contributed by atoms with van der Waals surface area (Å²) in [4.78, 5) is 105. The van der Waals surface area contributed by atoms with E-state index in [-0.39, 0.29) is 76.2 Å². The normalized spacial score (nSPS) is 20.1. The molecule has 5 amide bonds. The number of rotatable bonds is 22. The first-order valence-corrected chi connectivity index (χ1v) is 57.8. The van der Waals surface area contributed by atoms with Gasteiger partial charge in [0.15, 0.2) is 22.6 Å². The highest BCUT2D eigenvalue weighted by Gasteiger charge is 2.41. The minimum absolute atomic E-state index is 0.147. The summed E-state index contributed by atoms with van der Waals surface area (Å²) in [6.45, 7) is 21.6. The Morgan fingerprint density at radius 1 is 0.340 bits per heavy atom. The van der Waals surface area contributed by atoms with Crippen LogP contribution in [0, 0.1) is 19.8 Å². The zero-order valence-corrected chi connectivity index (χ0v) is 88.3. The van der Waals surface area contributed by atoms with Gasteiger partial charge in [0.2, 0.25) is 36.0 Å². The molecule has 778 valence electrons. The molecule has 44 heteroatoms. The molecular weight excluding hydrogens is 2000 g/mol. The molecule has 4 N–H and O–H groups in total. The Morgan fingerprint density at radius 2 is 0.667 bits per heavy atom. The molecule has 2 aliphatic carbocycles. The summed E-state index contributed by atoms with van der Waals surface area (Å²) in [5.41, 5.74) is 13.0. The van der Waals surface area contributed by atoms with Crippen molar-refractivity contribution >= 4 is 169 Å². The van der Waals surface area contributed by atoms with E-state index in [0.29, 0.717) is 108 Å². The lowest BCUT2D eigenvalue weighted by atomic mass is 9.97. The van der Waals surface area contributed by atoms with Crippen LogP contribution in [0.15, 0.2) is 121 Å². The van der Waals surface area contributed by atoms with E-state index in [9.17, 15) is 49.2 Å². The van der Waals surface area contributed by atoms with Crippen molar-refractivity contribution in [3.8, 4) is 0 Å². The van der Waals surface area contributed by atoms with Gasteiger partial charge in [-0.15, -0.1) is 0 Å². The number of likely N-dealkylation sites (tertiary alicyclic amines) is 4. The van der Waals surface area contributed by atoms with Gasteiger partial charge in [0.05, 0.1) is 137 Å². The number of carbonyl (C=O) groups is 5. The van der Waals surface area contributed by atoms with Crippen molar-refractivity contribution < 1.29 is 58.7 Å². The van der Waals surface area contributed by atoms with Crippen molar-refractivity contribution in [3.63, 3.8) is 0 Å². The van der Waals surface area contributed by atoms with E-state index < -0.39 is 30.1 Å². The molecule has 8 aromatic heterocycles. The number of hydrogen-bond acceptors (Lipinski definition) is 26. The quantitative estimate of drug-likeness (QED) is 0.0489. The largest absolute Gasteiger partial charge is 0.378 e. The van der Waals surface area contributed by atoms with Crippen molar-refractivity contribution in [2.24, 2.45) is 5.92 Å². The van der Waals surface area contributed by atoms with Crippen molar-refractivity contribution in [2.45, 2.75) is 179 Å². The fourth-order valence-electron chi connectivity index (χ4n) is 21.1. The Balaban J connectivity index is 0.000000119. The van der Waals surface area contributed by atoms with Crippen LogP contribution >= 0.6 is 34.8 Å². The minimum atomic E-state index is -3.59.